The van der Waals surface area contributed by atoms with Gasteiger partial charge in [0.2, 0.25) is 0 Å². The van der Waals surface area contributed by atoms with Crippen molar-refractivity contribution in [2.75, 3.05) is 0 Å². The largest absolute Gasteiger partial charge is 0.243 e. The second-order valence-electron chi connectivity index (χ2n) is 5.64. The molecular weight excluding hydrogens is 248 g/mol. The van der Waals surface area contributed by atoms with Crippen molar-refractivity contribution in [1.82, 2.24) is 15.0 Å². The highest BCUT2D eigenvalue weighted by Crippen LogP contribution is 2.19. The molecule has 0 radical (unpaired) electrons. The van der Waals surface area contributed by atoms with E-state index in [-0.39, 0.29) is 5.92 Å². The highest BCUT2D eigenvalue weighted by atomic mass is 15.4. The van der Waals surface area contributed by atoms with Crippen LogP contribution >= 0.6 is 0 Å². The molecule has 1 aromatic carbocycles. The molecule has 0 unspecified atom stereocenters. The Hall–Kier alpha value is -2.15. The lowest BCUT2D eigenvalue weighted by atomic mass is 10.0. The monoisotopic (exact) mass is 268 g/mol. The summed E-state index contributed by atoms with van der Waals surface area (Å²) < 4.78 is 1.83. The number of rotatable bonds is 4. The van der Waals surface area contributed by atoms with Gasteiger partial charge in [0.15, 0.2) is 5.69 Å². The molecule has 0 spiro atoms. The second kappa shape index (κ2) is 5.87. The minimum absolute atomic E-state index is 0.231. The summed E-state index contributed by atoms with van der Waals surface area (Å²) in [6, 6.07) is 10.6. The molecular formula is C16H20N4. The molecule has 104 valence electrons. The fourth-order valence-electron chi connectivity index (χ4n) is 2.27. The van der Waals surface area contributed by atoms with Crippen LogP contribution in [0.25, 0.3) is 0 Å². The Morgan fingerprint density at radius 1 is 1.10 bits per heavy atom. The molecule has 4 nitrogen and oxygen atoms in total. The summed E-state index contributed by atoms with van der Waals surface area (Å²) in [4.78, 5) is 0. The van der Waals surface area contributed by atoms with Crippen LogP contribution in [0.1, 0.15) is 62.0 Å². The Labute approximate surface area is 120 Å². The van der Waals surface area contributed by atoms with Gasteiger partial charge in [0.1, 0.15) is 6.07 Å². The van der Waals surface area contributed by atoms with Crippen LogP contribution in [-0.2, 0) is 6.54 Å². The minimum Gasteiger partial charge on any atom is -0.243 e. The van der Waals surface area contributed by atoms with Crippen LogP contribution in [-0.4, -0.2) is 15.0 Å². The van der Waals surface area contributed by atoms with Gasteiger partial charge in [0, 0.05) is 0 Å². The van der Waals surface area contributed by atoms with Gasteiger partial charge in [-0.1, -0.05) is 57.2 Å². The Kier molecular flexibility index (Phi) is 4.19. The Balaban J connectivity index is 2.26. The third-order valence-corrected chi connectivity index (χ3v) is 3.40. The van der Waals surface area contributed by atoms with E-state index in [0.29, 0.717) is 18.2 Å². The molecule has 0 aliphatic rings. The van der Waals surface area contributed by atoms with E-state index in [1.807, 2.05) is 4.68 Å². The summed E-state index contributed by atoms with van der Waals surface area (Å²) in [7, 11) is 0. The number of benzene rings is 1. The molecule has 20 heavy (non-hydrogen) atoms. The van der Waals surface area contributed by atoms with Gasteiger partial charge in [-0.15, -0.1) is 5.10 Å². The number of hydrogen-bond acceptors (Lipinski definition) is 3. The maximum atomic E-state index is 9.08. The summed E-state index contributed by atoms with van der Waals surface area (Å²) in [5.41, 5.74) is 3.83. The first-order chi connectivity index (χ1) is 9.52. The number of nitrogens with zero attached hydrogens (tertiary/aromatic N) is 4. The van der Waals surface area contributed by atoms with Crippen LogP contribution < -0.4 is 0 Å². The predicted octanol–water partition coefficient (Wildman–Crippen LogP) is 3.44. The van der Waals surface area contributed by atoms with Crippen molar-refractivity contribution < 1.29 is 0 Å². The van der Waals surface area contributed by atoms with E-state index in [1.165, 1.54) is 11.1 Å². The van der Waals surface area contributed by atoms with Gasteiger partial charge in [-0.05, 0) is 23.0 Å². The summed E-state index contributed by atoms with van der Waals surface area (Å²) >= 11 is 0. The number of aromatic nitrogens is 3. The van der Waals surface area contributed by atoms with Crippen LogP contribution in [0.2, 0.25) is 0 Å². The van der Waals surface area contributed by atoms with Gasteiger partial charge >= 0.3 is 0 Å². The normalized spacial score (nSPS) is 11.1. The Morgan fingerprint density at radius 3 is 2.25 bits per heavy atom. The van der Waals surface area contributed by atoms with Crippen molar-refractivity contribution in [3.05, 3.63) is 46.8 Å². The second-order valence-corrected chi connectivity index (χ2v) is 5.64. The topological polar surface area (TPSA) is 54.5 Å². The lowest BCUT2D eigenvalue weighted by molar-refractivity contribution is 0.597. The molecule has 0 bridgehead atoms. The van der Waals surface area contributed by atoms with Gasteiger partial charge in [-0.2, -0.15) is 5.26 Å². The van der Waals surface area contributed by atoms with E-state index in [2.05, 4.69) is 68.3 Å². The van der Waals surface area contributed by atoms with Gasteiger partial charge in [0.25, 0.3) is 0 Å². The predicted molar refractivity (Wildman–Crippen MR) is 78.5 cm³/mol. The van der Waals surface area contributed by atoms with Gasteiger partial charge in [-0.25, -0.2) is 4.68 Å². The van der Waals surface area contributed by atoms with E-state index >= 15 is 0 Å². The average Bonchev–Trinajstić information content (AvgIpc) is 2.82. The SMILES string of the molecule is CC(C)c1ccc(Cn2nnc(C#N)c2C(C)C)cc1. The first kappa shape index (κ1) is 14.3. The third kappa shape index (κ3) is 2.88. The maximum Gasteiger partial charge on any atom is 0.186 e. The zero-order chi connectivity index (χ0) is 14.7. The molecule has 2 rings (SSSR count). The molecule has 0 atom stereocenters. The molecule has 0 aliphatic heterocycles. The molecule has 0 amide bonds. The van der Waals surface area contributed by atoms with E-state index in [9.17, 15) is 0 Å². The zero-order valence-corrected chi connectivity index (χ0v) is 12.5. The molecule has 0 fully saturated rings. The van der Waals surface area contributed by atoms with Crippen molar-refractivity contribution in [2.24, 2.45) is 0 Å². The van der Waals surface area contributed by atoms with Crippen LogP contribution in [0.3, 0.4) is 0 Å². The minimum atomic E-state index is 0.231. The van der Waals surface area contributed by atoms with Gasteiger partial charge in [0.05, 0.1) is 12.2 Å². The summed E-state index contributed by atoms with van der Waals surface area (Å²) in [6.45, 7) is 9.13. The summed E-state index contributed by atoms with van der Waals surface area (Å²) in [5, 5.41) is 17.1. The highest BCUT2D eigenvalue weighted by molar-refractivity contribution is 5.29. The van der Waals surface area contributed by atoms with Gasteiger partial charge in [-0.3, -0.25) is 0 Å². The lowest BCUT2D eigenvalue weighted by Crippen LogP contribution is -2.08. The van der Waals surface area contributed by atoms with Crippen molar-refractivity contribution >= 4 is 0 Å². The zero-order valence-electron chi connectivity index (χ0n) is 12.5. The Morgan fingerprint density at radius 2 is 1.75 bits per heavy atom. The molecule has 4 heteroatoms. The maximum absolute atomic E-state index is 9.08. The van der Waals surface area contributed by atoms with Crippen molar-refractivity contribution in [2.45, 2.75) is 46.1 Å². The van der Waals surface area contributed by atoms with Crippen LogP contribution in [0.15, 0.2) is 24.3 Å². The molecule has 0 saturated carbocycles. The van der Waals surface area contributed by atoms with Crippen molar-refractivity contribution in [3.8, 4) is 6.07 Å². The lowest BCUT2D eigenvalue weighted by Gasteiger charge is -2.10. The van der Waals surface area contributed by atoms with E-state index in [0.717, 1.165) is 5.69 Å². The van der Waals surface area contributed by atoms with Crippen LogP contribution in [0.5, 0.6) is 0 Å². The average molecular weight is 268 g/mol. The molecule has 0 saturated heterocycles. The number of hydrogen-bond donors (Lipinski definition) is 0. The molecule has 0 N–H and O–H groups in total. The summed E-state index contributed by atoms with van der Waals surface area (Å²) in [6.07, 6.45) is 0. The molecule has 0 aliphatic carbocycles. The van der Waals surface area contributed by atoms with Crippen LogP contribution in [0.4, 0.5) is 0 Å². The first-order valence-electron chi connectivity index (χ1n) is 6.95. The fourth-order valence-corrected chi connectivity index (χ4v) is 2.27. The quantitative estimate of drug-likeness (QED) is 0.853. The fraction of sp³-hybridized carbons (Fsp3) is 0.438. The first-order valence-corrected chi connectivity index (χ1v) is 6.95. The van der Waals surface area contributed by atoms with Crippen molar-refractivity contribution in [3.63, 3.8) is 0 Å². The molecule has 2 aromatic rings. The standard InChI is InChI=1S/C16H20N4/c1-11(2)14-7-5-13(6-8-14)10-20-16(12(3)4)15(9-17)18-19-20/h5-8,11-12H,10H2,1-4H3. The van der Waals surface area contributed by atoms with E-state index in [4.69, 9.17) is 5.26 Å². The van der Waals surface area contributed by atoms with Gasteiger partial charge < -0.3 is 0 Å². The van der Waals surface area contributed by atoms with Crippen molar-refractivity contribution in [1.29, 1.82) is 5.26 Å². The van der Waals surface area contributed by atoms with E-state index in [1.54, 1.807) is 0 Å². The highest BCUT2D eigenvalue weighted by Gasteiger charge is 2.16. The van der Waals surface area contributed by atoms with Crippen LogP contribution in [0, 0.1) is 11.3 Å². The third-order valence-electron chi connectivity index (χ3n) is 3.40. The number of nitriles is 1. The smallest absolute Gasteiger partial charge is 0.186 e. The molecule has 1 heterocycles. The Bertz CT molecular complexity index is 615. The van der Waals surface area contributed by atoms with E-state index < -0.39 is 0 Å². The summed E-state index contributed by atoms with van der Waals surface area (Å²) in [5.74, 6) is 0.765. The molecule has 1 aromatic heterocycles.